The van der Waals surface area contributed by atoms with Crippen molar-refractivity contribution in [2.45, 2.75) is 32.7 Å². The Bertz CT molecular complexity index is 573. The molecule has 0 fully saturated rings. The Morgan fingerprint density at radius 2 is 2.15 bits per heavy atom. The van der Waals surface area contributed by atoms with E-state index in [2.05, 4.69) is 45.3 Å². The molecular weight excluding hydrogens is 341 g/mol. The summed E-state index contributed by atoms with van der Waals surface area (Å²) in [6.45, 7) is 5.18. The highest BCUT2D eigenvalue weighted by molar-refractivity contribution is 9.10. The van der Waals surface area contributed by atoms with Crippen molar-refractivity contribution in [2.24, 2.45) is 0 Å². The fourth-order valence-corrected chi connectivity index (χ4v) is 3.23. The quantitative estimate of drug-likeness (QED) is 0.823. The van der Waals surface area contributed by atoms with Crippen LogP contribution >= 0.6 is 27.3 Å². The zero-order chi connectivity index (χ0) is 14.5. The van der Waals surface area contributed by atoms with Crippen molar-refractivity contribution < 1.29 is 4.39 Å². The molecule has 2 rings (SSSR count). The number of nitrogens with one attached hydrogen (secondary N) is 1. The van der Waals surface area contributed by atoms with Gasteiger partial charge in [-0.1, -0.05) is 41.1 Å². The number of rotatable bonds is 6. The van der Waals surface area contributed by atoms with Crippen molar-refractivity contribution in [2.75, 3.05) is 6.54 Å². The zero-order valence-corrected chi connectivity index (χ0v) is 13.9. The second kappa shape index (κ2) is 7.24. The lowest BCUT2D eigenvalue weighted by atomic mass is 10.2. The molecule has 0 amide bonds. The Morgan fingerprint density at radius 3 is 2.80 bits per heavy atom. The van der Waals surface area contributed by atoms with Crippen LogP contribution in [-0.2, 0) is 0 Å². The van der Waals surface area contributed by atoms with Crippen molar-refractivity contribution in [3.63, 3.8) is 0 Å². The van der Waals surface area contributed by atoms with Crippen LogP contribution in [0.25, 0.3) is 10.6 Å². The molecule has 0 aliphatic rings. The minimum Gasteiger partial charge on any atom is -0.308 e. The smallest absolute Gasteiger partial charge is 0.150 e. The fourth-order valence-electron chi connectivity index (χ4n) is 1.87. The third kappa shape index (κ3) is 3.62. The van der Waals surface area contributed by atoms with Gasteiger partial charge in [-0.25, -0.2) is 4.39 Å². The first-order chi connectivity index (χ1) is 9.65. The summed E-state index contributed by atoms with van der Waals surface area (Å²) < 4.78 is 14.6. The molecule has 0 aliphatic carbocycles. The molecule has 0 radical (unpaired) electrons. The van der Waals surface area contributed by atoms with Gasteiger partial charge >= 0.3 is 0 Å². The molecule has 20 heavy (non-hydrogen) atoms. The monoisotopic (exact) mass is 357 g/mol. The van der Waals surface area contributed by atoms with Crippen LogP contribution in [0.5, 0.6) is 0 Å². The molecule has 108 valence electrons. The maximum absolute atomic E-state index is 13.9. The first-order valence-corrected chi connectivity index (χ1v) is 8.28. The molecule has 0 saturated heterocycles. The number of halogens is 2. The molecule has 0 bridgehead atoms. The van der Waals surface area contributed by atoms with E-state index in [-0.39, 0.29) is 11.9 Å². The number of aromatic nitrogens is 2. The van der Waals surface area contributed by atoms with E-state index in [1.165, 1.54) is 17.4 Å². The highest BCUT2D eigenvalue weighted by atomic mass is 79.9. The molecule has 1 aromatic carbocycles. The van der Waals surface area contributed by atoms with Crippen molar-refractivity contribution in [3.05, 3.63) is 33.5 Å². The molecule has 0 saturated carbocycles. The van der Waals surface area contributed by atoms with Crippen molar-refractivity contribution in [1.82, 2.24) is 15.5 Å². The van der Waals surface area contributed by atoms with Crippen molar-refractivity contribution >= 4 is 27.3 Å². The van der Waals surface area contributed by atoms with Gasteiger partial charge in [-0.2, -0.15) is 0 Å². The summed E-state index contributed by atoms with van der Waals surface area (Å²) >= 11 is 4.70. The van der Waals surface area contributed by atoms with E-state index >= 15 is 0 Å². The third-order valence-electron chi connectivity index (χ3n) is 2.95. The normalized spacial score (nSPS) is 12.6. The van der Waals surface area contributed by atoms with Gasteiger partial charge in [0.2, 0.25) is 0 Å². The minimum absolute atomic E-state index is 0.194. The predicted molar refractivity (Wildman–Crippen MR) is 84.3 cm³/mol. The van der Waals surface area contributed by atoms with Crippen LogP contribution in [0, 0.1) is 5.82 Å². The number of hydrogen-bond donors (Lipinski definition) is 1. The van der Waals surface area contributed by atoms with Crippen molar-refractivity contribution in [1.29, 1.82) is 0 Å². The topological polar surface area (TPSA) is 37.8 Å². The average Bonchev–Trinajstić information content (AvgIpc) is 2.89. The Labute approximate surface area is 130 Å². The molecule has 1 aromatic heterocycles. The zero-order valence-electron chi connectivity index (χ0n) is 11.5. The lowest BCUT2D eigenvalue weighted by Gasteiger charge is -2.12. The van der Waals surface area contributed by atoms with Crippen LogP contribution in [0.1, 0.15) is 37.7 Å². The van der Waals surface area contributed by atoms with Crippen LogP contribution in [-0.4, -0.2) is 16.7 Å². The Balaban J connectivity index is 2.23. The lowest BCUT2D eigenvalue weighted by molar-refractivity contribution is 0.513. The van der Waals surface area contributed by atoms with Gasteiger partial charge in [0, 0.05) is 10.0 Å². The van der Waals surface area contributed by atoms with Gasteiger partial charge in [-0.15, -0.1) is 10.2 Å². The summed E-state index contributed by atoms with van der Waals surface area (Å²) in [4.78, 5) is 0. The summed E-state index contributed by atoms with van der Waals surface area (Å²) in [5.74, 6) is -0.281. The first-order valence-electron chi connectivity index (χ1n) is 6.67. The molecule has 1 atom stereocenters. The lowest BCUT2D eigenvalue weighted by Crippen LogP contribution is -2.21. The molecule has 1 heterocycles. The molecule has 3 nitrogen and oxygen atoms in total. The van der Waals surface area contributed by atoms with E-state index in [0.29, 0.717) is 10.6 Å². The van der Waals surface area contributed by atoms with E-state index in [1.54, 1.807) is 6.07 Å². The average molecular weight is 358 g/mol. The summed E-state index contributed by atoms with van der Waals surface area (Å²) in [5, 5.41) is 13.3. The number of benzene rings is 1. The third-order valence-corrected chi connectivity index (χ3v) is 4.51. The Hall–Kier alpha value is -0.850. The van der Waals surface area contributed by atoms with Crippen LogP contribution in [0.3, 0.4) is 0 Å². The Morgan fingerprint density at radius 1 is 1.35 bits per heavy atom. The van der Waals surface area contributed by atoms with Crippen LogP contribution in [0.15, 0.2) is 22.7 Å². The summed E-state index contributed by atoms with van der Waals surface area (Å²) in [5.41, 5.74) is 0.502. The Kier molecular flexibility index (Phi) is 5.63. The molecule has 1 N–H and O–H groups in total. The van der Waals surface area contributed by atoms with Gasteiger partial charge in [0.1, 0.15) is 10.8 Å². The standard InChI is InChI=1S/C14H17BrFN3S/c1-3-7-17-12(4-2)14-19-18-13(20-14)10-6-5-9(15)8-11(10)16/h5-6,8,12,17H,3-4,7H2,1-2H3. The predicted octanol–water partition coefficient (Wildman–Crippen LogP) is 4.56. The molecule has 2 aromatic rings. The molecule has 1 unspecified atom stereocenters. The van der Waals surface area contributed by atoms with E-state index < -0.39 is 0 Å². The fraction of sp³-hybridized carbons (Fsp3) is 0.429. The first kappa shape index (κ1) is 15.5. The van der Waals surface area contributed by atoms with Gasteiger partial charge in [-0.3, -0.25) is 0 Å². The molecule has 6 heteroatoms. The van der Waals surface area contributed by atoms with E-state index in [9.17, 15) is 4.39 Å². The summed E-state index contributed by atoms with van der Waals surface area (Å²) in [6, 6.07) is 5.18. The number of nitrogens with zero attached hydrogens (tertiary/aromatic N) is 2. The van der Waals surface area contributed by atoms with E-state index in [0.717, 1.165) is 28.9 Å². The van der Waals surface area contributed by atoms with Gasteiger partial charge in [0.15, 0.2) is 5.01 Å². The second-order valence-electron chi connectivity index (χ2n) is 4.48. The van der Waals surface area contributed by atoms with Crippen molar-refractivity contribution in [3.8, 4) is 10.6 Å². The van der Waals surface area contributed by atoms with E-state index in [1.807, 2.05) is 6.07 Å². The number of hydrogen-bond acceptors (Lipinski definition) is 4. The maximum Gasteiger partial charge on any atom is 0.150 e. The minimum atomic E-state index is -0.281. The van der Waals surface area contributed by atoms with Crippen LogP contribution in [0.4, 0.5) is 4.39 Å². The molecular formula is C14H17BrFN3S. The highest BCUT2D eigenvalue weighted by Gasteiger charge is 2.16. The largest absolute Gasteiger partial charge is 0.308 e. The summed E-state index contributed by atoms with van der Waals surface area (Å²) in [7, 11) is 0. The van der Waals surface area contributed by atoms with Gasteiger partial charge in [0.25, 0.3) is 0 Å². The van der Waals surface area contributed by atoms with Gasteiger partial charge in [0.05, 0.1) is 6.04 Å². The van der Waals surface area contributed by atoms with Gasteiger partial charge in [-0.05, 0) is 37.6 Å². The SMILES string of the molecule is CCCNC(CC)c1nnc(-c2ccc(Br)cc2F)s1. The van der Waals surface area contributed by atoms with Crippen LogP contribution in [0.2, 0.25) is 0 Å². The van der Waals surface area contributed by atoms with Gasteiger partial charge < -0.3 is 5.32 Å². The molecule has 0 spiro atoms. The molecule has 0 aliphatic heterocycles. The second-order valence-corrected chi connectivity index (χ2v) is 6.41. The van der Waals surface area contributed by atoms with E-state index in [4.69, 9.17) is 0 Å². The summed E-state index contributed by atoms with van der Waals surface area (Å²) in [6.07, 6.45) is 2.01. The maximum atomic E-state index is 13.9. The van der Waals surface area contributed by atoms with Crippen LogP contribution < -0.4 is 5.32 Å². The highest BCUT2D eigenvalue weighted by Crippen LogP contribution is 2.30.